The molecule has 0 bridgehead atoms. The number of allylic oxidation sites excluding steroid dienone is 1. The number of carbonyl (C=O) groups excluding carboxylic acids is 1. The Balaban J connectivity index is 0.000000364. The average molecular weight is 191 g/mol. The minimum atomic E-state index is -0.333. The summed E-state index contributed by atoms with van der Waals surface area (Å²) >= 11 is 0. The molecule has 1 rings (SSSR count). The van der Waals surface area contributed by atoms with Gasteiger partial charge in [-0.15, -0.1) is 0 Å². The number of nitrogens with one attached hydrogen (secondary N) is 1. The third kappa shape index (κ3) is 8.00. The van der Waals surface area contributed by atoms with E-state index in [1.54, 1.807) is 6.08 Å². The smallest absolute Gasteiger partial charge is 0.183 e. The van der Waals surface area contributed by atoms with E-state index < -0.39 is 0 Å². The second-order valence-corrected chi connectivity index (χ2v) is 2.36. The van der Waals surface area contributed by atoms with Crippen LogP contribution in [0.2, 0.25) is 0 Å². The van der Waals surface area contributed by atoms with Crippen molar-refractivity contribution < 1.29 is 4.79 Å². The van der Waals surface area contributed by atoms with E-state index in [9.17, 15) is 4.79 Å². The Morgan fingerprint density at radius 1 is 1.21 bits per heavy atom. The van der Waals surface area contributed by atoms with Crippen LogP contribution in [-0.2, 0) is 4.79 Å². The number of aldehydes is 1. The van der Waals surface area contributed by atoms with E-state index in [1.165, 1.54) is 6.08 Å². The van der Waals surface area contributed by atoms with Crippen LogP contribution in [0, 0.1) is 5.41 Å². The van der Waals surface area contributed by atoms with Gasteiger partial charge in [0.2, 0.25) is 0 Å². The summed E-state index contributed by atoms with van der Waals surface area (Å²) in [5.41, 5.74) is 10.00. The first kappa shape index (κ1) is 11.9. The molecule has 74 valence electrons. The summed E-state index contributed by atoms with van der Waals surface area (Å²) in [5.74, 6) is -0.333. The van der Waals surface area contributed by atoms with Gasteiger partial charge in [-0.1, -0.05) is 36.4 Å². The normalized spacial score (nSPS) is 8.86. The predicted molar refractivity (Wildman–Crippen MR) is 57.6 cm³/mol. The maximum atomic E-state index is 9.89. The Hall–Kier alpha value is -2.10. The molecule has 1 aromatic rings. The van der Waals surface area contributed by atoms with E-state index in [1.807, 2.05) is 30.3 Å². The van der Waals surface area contributed by atoms with Crippen LogP contribution in [0.25, 0.3) is 6.08 Å². The minimum Gasteiger partial charge on any atom is -0.370 e. The van der Waals surface area contributed by atoms with E-state index in [0.29, 0.717) is 0 Å². The molecule has 0 aliphatic heterocycles. The molecular formula is C10H13N3O. The zero-order valence-electron chi connectivity index (χ0n) is 7.68. The van der Waals surface area contributed by atoms with Gasteiger partial charge in [-0.25, -0.2) is 0 Å². The fourth-order valence-corrected chi connectivity index (χ4v) is 0.715. The molecular weight excluding hydrogens is 178 g/mol. The Bertz CT molecular complexity index is 302. The van der Waals surface area contributed by atoms with Crippen LogP contribution in [0.15, 0.2) is 36.4 Å². The molecule has 4 heteroatoms. The van der Waals surface area contributed by atoms with E-state index in [2.05, 4.69) is 11.5 Å². The number of carbonyl (C=O) groups is 1. The number of guanidine groups is 1. The van der Waals surface area contributed by atoms with Crippen LogP contribution in [0.3, 0.4) is 0 Å². The summed E-state index contributed by atoms with van der Waals surface area (Å²) in [6.07, 6.45) is 4.02. The standard InChI is InChI=1S/C9H8O.CH5N3/c10-8-4-7-9-5-2-1-3-6-9;2-1(3)4/h1-8H;(H5,2,3,4)/b7-4+;. The van der Waals surface area contributed by atoms with E-state index >= 15 is 0 Å². The molecule has 0 aliphatic rings. The lowest BCUT2D eigenvalue weighted by atomic mass is 10.2. The highest BCUT2D eigenvalue weighted by Crippen LogP contribution is 1.99. The van der Waals surface area contributed by atoms with Crippen LogP contribution in [-0.4, -0.2) is 12.2 Å². The van der Waals surface area contributed by atoms with Gasteiger partial charge in [0.25, 0.3) is 0 Å². The van der Waals surface area contributed by atoms with Crippen molar-refractivity contribution in [2.24, 2.45) is 11.5 Å². The number of rotatable bonds is 2. The summed E-state index contributed by atoms with van der Waals surface area (Å²) < 4.78 is 0. The first-order valence-electron chi connectivity index (χ1n) is 3.93. The van der Waals surface area contributed by atoms with Crippen molar-refractivity contribution in [3.8, 4) is 0 Å². The highest BCUT2D eigenvalue weighted by molar-refractivity contribution is 5.73. The van der Waals surface area contributed by atoms with Crippen LogP contribution < -0.4 is 11.5 Å². The third-order valence-electron chi connectivity index (χ3n) is 1.17. The van der Waals surface area contributed by atoms with Gasteiger partial charge in [0.15, 0.2) is 5.96 Å². The fraction of sp³-hybridized carbons (Fsp3) is 0. The summed E-state index contributed by atoms with van der Waals surface area (Å²) in [6.45, 7) is 0. The minimum absolute atomic E-state index is 0.333. The molecule has 5 N–H and O–H groups in total. The monoisotopic (exact) mass is 191 g/mol. The van der Waals surface area contributed by atoms with Crippen LogP contribution >= 0.6 is 0 Å². The molecule has 0 atom stereocenters. The van der Waals surface area contributed by atoms with Crippen LogP contribution in [0.5, 0.6) is 0 Å². The largest absolute Gasteiger partial charge is 0.370 e. The highest BCUT2D eigenvalue weighted by atomic mass is 16.1. The first-order chi connectivity index (χ1) is 6.66. The second-order valence-electron chi connectivity index (χ2n) is 2.36. The van der Waals surface area contributed by atoms with E-state index in [-0.39, 0.29) is 5.96 Å². The predicted octanol–water partition coefficient (Wildman–Crippen LogP) is 0.737. The molecule has 0 saturated heterocycles. The van der Waals surface area contributed by atoms with Crippen LogP contribution in [0.1, 0.15) is 5.56 Å². The van der Waals surface area contributed by atoms with Gasteiger partial charge < -0.3 is 11.5 Å². The van der Waals surface area contributed by atoms with Crippen LogP contribution in [0.4, 0.5) is 0 Å². The number of hydrogen-bond acceptors (Lipinski definition) is 2. The van der Waals surface area contributed by atoms with Crippen molar-refractivity contribution in [2.45, 2.75) is 0 Å². The number of nitrogens with two attached hydrogens (primary N) is 2. The summed E-state index contributed by atoms with van der Waals surface area (Å²) in [7, 11) is 0. The first-order valence-corrected chi connectivity index (χ1v) is 3.93. The Labute approximate surface area is 82.7 Å². The zero-order valence-corrected chi connectivity index (χ0v) is 7.68. The van der Waals surface area contributed by atoms with Gasteiger partial charge >= 0.3 is 0 Å². The molecule has 4 nitrogen and oxygen atoms in total. The van der Waals surface area contributed by atoms with Gasteiger partial charge in [0.05, 0.1) is 0 Å². The van der Waals surface area contributed by atoms with Crippen molar-refractivity contribution in [3.63, 3.8) is 0 Å². The third-order valence-corrected chi connectivity index (χ3v) is 1.17. The fourth-order valence-electron chi connectivity index (χ4n) is 0.715. The molecule has 0 saturated carbocycles. The van der Waals surface area contributed by atoms with Gasteiger partial charge in [0, 0.05) is 0 Å². The molecule has 0 amide bonds. The molecule has 1 aromatic carbocycles. The molecule has 0 fully saturated rings. The molecule has 0 radical (unpaired) electrons. The molecule has 14 heavy (non-hydrogen) atoms. The van der Waals surface area contributed by atoms with Gasteiger partial charge in [-0.3, -0.25) is 10.2 Å². The maximum Gasteiger partial charge on any atom is 0.183 e. The van der Waals surface area contributed by atoms with E-state index in [0.717, 1.165) is 11.8 Å². The Morgan fingerprint density at radius 2 is 1.71 bits per heavy atom. The maximum absolute atomic E-state index is 9.89. The lowest BCUT2D eigenvalue weighted by Crippen LogP contribution is -2.20. The average Bonchev–Trinajstić information content (AvgIpc) is 2.15. The Kier molecular flexibility index (Phi) is 6.41. The summed E-state index contributed by atoms with van der Waals surface area (Å²) in [4.78, 5) is 9.89. The number of benzene rings is 1. The van der Waals surface area contributed by atoms with Gasteiger partial charge in [-0.05, 0) is 11.6 Å². The highest BCUT2D eigenvalue weighted by Gasteiger charge is 1.79. The SMILES string of the molecule is N=C(N)N.O=C/C=C/c1ccccc1. The lowest BCUT2D eigenvalue weighted by molar-refractivity contribution is -0.104. The van der Waals surface area contributed by atoms with Gasteiger partial charge in [0.1, 0.15) is 6.29 Å². The second kappa shape index (κ2) is 7.54. The molecule has 0 unspecified atom stereocenters. The lowest BCUT2D eigenvalue weighted by Gasteiger charge is -1.86. The quantitative estimate of drug-likeness (QED) is 0.278. The van der Waals surface area contributed by atoms with Crippen molar-refractivity contribution in [2.75, 3.05) is 0 Å². The van der Waals surface area contributed by atoms with Crippen molar-refractivity contribution in [1.29, 1.82) is 5.41 Å². The van der Waals surface area contributed by atoms with Crippen molar-refractivity contribution in [1.82, 2.24) is 0 Å². The molecule has 0 spiro atoms. The molecule has 0 heterocycles. The molecule has 0 aliphatic carbocycles. The van der Waals surface area contributed by atoms with E-state index in [4.69, 9.17) is 5.41 Å². The van der Waals surface area contributed by atoms with Gasteiger partial charge in [-0.2, -0.15) is 0 Å². The van der Waals surface area contributed by atoms with Crippen molar-refractivity contribution in [3.05, 3.63) is 42.0 Å². The number of hydrogen-bond donors (Lipinski definition) is 3. The summed E-state index contributed by atoms with van der Waals surface area (Å²) in [6, 6.07) is 9.70. The summed E-state index contributed by atoms with van der Waals surface area (Å²) in [5, 5.41) is 6.06. The van der Waals surface area contributed by atoms with Crippen molar-refractivity contribution >= 4 is 18.3 Å². The zero-order chi connectivity index (χ0) is 10.8. The topological polar surface area (TPSA) is 93.0 Å². The molecule has 0 aromatic heterocycles. The Morgan fingerprint density at radius 3 is 2.14 bits per heavy atom.